The zero-order chi connectivity index (χ0) is 33.6. The highest BCUT2D eigenvalue weighted by molar-refractivity contribution is 7.88. The minimum atomic E-state index is -4.46. The number of imidazole rings is 1. The fourth-order valence-corrected chi connectivity index (χ4v) is 7.01. The molecule has 0 bridgehead atoms. The quantitative estimate of drug-likeness (QED) is 0.0852. The second kappa shape index (κ2) is 12.7. The number of carbonyl (C=O) groups is 1. The zero-order valence-corrected chi connectivity index (χ0v) is 27.1. The van der Waals surface area contributed by atoms with Gasteiger partial charge in [0.1, 0.15) is 42.5 Å². The summed E-state index contributed by atoms with van der Waals surface area (Å²) in [6, 6.07) is 11.6. The van der Waals surface area contributed by atoms with Crippen LogP contribution in [-0.4, -0.2) is 74.8 Å². The Bertz CT molecular complexity index is 1960. The van der Waals surface area contributed by atoms with Crippen molar-refractivity contribution in [2.24, 2.45) is 0 Å². The fraction of sp³-hybridized carbons (Fsp3) is 0.333. The molecule has 17 nitrogen and oxygen atoms in total. The van der Waals surface area contributed by atoms with Gasteiger partial charge in [-0.15, -0.1) is 4.83 Å². The molecule has 0 spiro atoms. The third kappa shape index (κ3) is 6.96. The SMILES string of the molecule is C[C@]1(O)C(n2cnc3c(NNS(C)(=O)=O)ncnc32)OC(COP(=O)(NC2C(=O)OCc3ccccc32)Oc2ccc(Cl)cc2)[C@H]1O. The second-order valence-electron chi connectivity index (χ2n) is 11.0. The summed E-state index contributed by atoms with van der Waals surface area (Å²) < 4.78 is 61.5. The molecule has 6 atom stereocenters. The monoisotopic (exact) mass is 709 g/mol. The number of aromatic nitrogens is 4. The standard InChI is InChI=1S/C27H29ClN7O10PS/c1-27(38)22(36)19(44-26(27)35-14-31-21-23(29-13-30-24(21)35)32-34-47(2,40)41)12-43-46(39,45-17-9-7-16(28)8-10-17)33-20-18-6-4-3-5-15(18)11-42-25(20)37/h3-10,13-14,19-20,22,26,34,36,38H,11-12H2,1-2H3,(H,33,39)(H,29,30,32)/t19?,20?,22-,26?,27-,46?/m1/s1. The van der Waals surface area contributed by atoms with Gasteiger partial charge >= 0.3 is 13.7 Å². The number of carbonyl (C=O) groups excluding carboxylic acids is 1. The maximum atomic E-state index is 14.3. The molecule has 2 aromatic carbocycles. The minimum Gasteiger partial charge on any atom is -0.459 e. The highest BCUT2D eigenvalue weighted by atomic mass is 35.5. The van der Waals surface area contributed by atoms with Crippen LogP contribution in [0.15, 0.2) is 61.2 Å². The largest absolute Gasteiger partial charge is 0.459 e. The number of hydrogen-bond acceptors (Lipinski definition) is 14. The van der Waals surface area contributed by atoms with Crippen molar-refractivity contribution in [1.82, 2.24) is 29.4 Å². The van der Waals surface area contributed by atoms with Crippen LogP contribution in [0.2, 0.25) is 5.02 Å². The maximum Gasteiger partial charge on any atom is 0.459 e. The molecule has 1 fully saturated rings. The highest BCUT2D eigenvalue weighted by Crippen LogP contribution is 2.49. The van der Waals surface area contributed by atoms with Crippen molar-refractivity contribution in [2.75, 3.05) is 18.3 Å². The Hall–Kier alpha value is -3.71. The third-order valence-electron chi connectivity index (χ3n) is 7.43. The first-order valence-electron chi connectivity index (χ1n) is 13.9. The number of ether oxygens (including phenoxy) is 2. The molecule has 47 heavy (non-hydrogen) atoms. The number of cyclic esters (lactones) is 1. The van der Waals surface area contributed by atoms with E-state index in [4.69, 9.17) is 30.1 Å². The third-order valence-corrected chi connectivity index (χ3v) is 9.67. The molecule has 250 valence electrons. The number of anilines is 1. The Morgan fingerprint density at radius 3 is 2.66 bits per heavy atom. The average Bonchev–Trinajstić information content (AvgIpc) is 3.55. The predicted molar refractivity (Wildman–Crippen MR) is 165 cm³/mol. The normalized spacial score (nSPS) is 25.6. The van der Waals surface area contributed by atoms with Crippen LogP contribution in [0.4, 0.5) is 5.82 Å². The molecule has 5 N–H and O–H groups in total. The Morgan fingerprint density at radius 1 is 1.17 bits per heavy atom. The van der Waals surface area contributed by atoms with Crippen LogP contribution < -0.4 is 19.9 Å². The Balaban J connectivity index is 1.25. The highest BCUT2D eigenvalue weighted by Gasteiger charge is 2.54. The predicted octanol–water partition coefficient (Wildman–Crippen LogP) is 1.96. The molecule has 4 heterocycles. The summed E-state index contributed by atoms with van der Waals surface area (Å²) in [6.07, 6.45) is -0.834. The molecular formula is C27H29ClN7O10PS. The first-order chi connectivity index (χ1) is 22.2. The Labute approximate surface area is 272 Å². The summed E-state index contributed by atoms with van der Waals surface area (Å²) in [7, 11) is -8.09. The van der Waals surface area contributed by atoms with Gasteiger partial charge in [-0.3, -0.25) is 14.5 Å². The van der Waals surface area contributed by atoms with E-state index in [-0.39, 0.29) is 29.3 Å². The van der Waals surface area contributed by atoms with Gasteiger partial charge in [0.25, 0.3) is 0 Å². The molecule has 0 radical (unpaired) electrons. The molecule has 1 saturated heterocycles. The van der Waals surface area contributed by atoms with E-state index in [0.717, 1.165) is 12.6 Å². The summed E-state index contributed by atoms with van der Waals surface area (Å²) in [5.41, 5.74) is 1.94. The number of halogens is 1. The number of sulfonamides is 1. The van der Waals surface area contributed by atoms with Crippen LogP contribution in [0.5, 0.6) is 5.75 Å². The Morgan fingerprint density at radius 2 is 1.91 bits per heavy atom. The maximum absolute atomic E-state index is 14.3. The minimum absolute atomic E-state index is 0.0198. The first-order valence-corrected chi connectivity index (χ1v) is 17.7. The van der Waals surface area contributed by atoms with Gasteiger partial charge in [0.15, 0.2) is 23.2 Å². The molecular weight excluding hydrogens is 681 g/mol. The van der Waals surface area contributed by atoms with Crippen molar-refractivity contribution < 1.29 is 46.5 Å². The number of rotatable bonds is 11. The number of esters is 1. The fourth-order valence-electron chi connectivity index (χ4n) is 5.12. The number of fused-ring (bicyclic) bond motifs is 2. The van der Waals surface area contributed by atoms with Crippen LogP contribution in [-0.2, 0) is 40.0 Å². The van der Waals surface area contributed by atoms with Crippen molar-refractivity contribution in [2.45, 2.75) is 43.6 Å². The molecule has 2 aliphatic rings. The number of benzene rings is 2. The summed E-state index contributed by atoms with van der Waals surface area (Å²) in [6.45, 7) is 0.771. The van der Waals surface area contributed by atoms with Crippen LogP contribution in [0.25, 0.3) is 11.2 Å². The van der Waals surface area contributed by atoms with E-state index in [2.05, 4.69) is 30.3 Å². The molecule has 0 aliphatic carbocycles. The molecule has 0 amide bonds. The summed E-state index contributed by atoms with van der Waals surface area (Å²) >= 11 is 5.99. The smallest absolute Gasteiger partial charge is 0.459 e. The van der Waals surface area contributed by atoms with E-state index >= 15 is 0 Å². The lowest BCUT2D eigenvalue weighted by molar-refractivity contribution is -0.149. The molecule has 4 unspecified atom stereocenters. The second-order valence-corrected chi connectivity index (χ2v) is 14.8. The molecule has 4 aromatic rings. The number of hydrogen-bond donors (Lipinski definition) is 5. The topological polar surface area (TPSA) is 225 Å². The number of nitrogens with one attached hydrogen (secondary N) is 3. The van der Waals surface area contributed by atoms with Gasteiger partial charge in [-0.2, -0.15) is 5.09 Å². The van der Waals surface area contributed by atoms with Crippen LogP contribution in [0, 0.1) is 0 Å². The van der Waals surface area contributed by atoms with Gasteiger partial charge in [-0.1, -0.05) is 35.9 Å². The van der Waals surface area contributed by atoms with Crippen molar-refractivity contribution >= 4 is 52.3 Å². The lowest BCUT2D eigenvalue weighted by Crippen LogP contribution is -2.44. The first kappa shape index (κ1) is 33.2. The van der Waals surface area contributed by atoms with Gasteiger partial charge in [0, 0.05) is 5.02 Å². The number of aliphatic hydroxyl groups is 2. The van der Waals surface area contributed by atoms with Gasteiger partial charge in [-0.25, -0.2) is 32.7 Å². The lowest BCUT2D eigenvalue weighted by Gasteiger charge is -2.29. The van der Waals surface area contributed by atoms with Crippen molar-refractivity contribution in [3.05, 3.63) is 77.3 Å². The summed E-state index contributed by atoms with van der Waals surface area (Å²) in [5.74, 6) is -0.590. The van der Waals surface area contributed by atoms with E-state index in [0.29, 0.717) is 16.1 Å². The molecule has 0 saturated carbocycles. The summed E-state index contributed by atoms with van der Waals surface area (Å²) in [4.78, 5) is 27.3. The Kier molecular flexibility index (Phi) is 8.98. The van der Waals surface area contributed by atoms with Gasteiger partial charge in [-0.05, 0) is 42.3 Å². The van der Waals surface area contributed by atoms with E-state index in [1.165, 1.54) is 42.1 Å². The van der Waals surface area contributed by atoms with Crippen molar-refractivity contribution in [3.63, 3.8) is 0 Å². The van der Waals surface area contributed by atoms with Gasteiger partial charge < -0.3 is 24.2 Å². The number of aliphatic hydroxyl groups excluding tert-OH is 1. The number of hydrazine groups is 1. The molecule has 20 heteroatoms. The van der Waals surface area contributed by atoms with Crippen LogP contribution >= 0.6 is 19.3 Å². The molecule has 2 aliphatic heterocycles. The molecule has 2 aromatic heterocycles. The number of nitrogens with zero attached hydrogens (tertiary/aromatic N) is 4. The van der Waals surface area contributed by atoms with Gasteiger partial charge in [0.05, 0.1) is 19.2 Å². The summed E-state index contributed by atoms with van der Waals surface area (Å²) in [5, 5.41) is 25.6. The average molecular weight is 710 g/mol. The van der Waals surface area contributed by atoms with Crippen LogP contribution in [0.1, 0.15) is 30.3 Å². The van der Waals surface area contributed by atoms with E-state index in [1.54, 1.807) is 24.3 Å². The van der Waals surface area contributed by atoms with E-state index < -0.39 is 60.4 Å². The van der Waals surface area contributed by atoms with Crippen LogP contribution in [0.3, 0.4) is 0 Å². The van der Waals surface area contributed by atoms with E-state index in [9.17, 15) is 28.0 Å². The lowest BCUT2D eigenvalue weighted by atomic mass is 9.96. The van der Waals surface area contributed by atoms with Crippen molar-refractivity contribution in [1.29, 1.82) is 0 Å². The van der Waals surface area contributed by atoms with E-state index in [1.807, 2.05) is 0 Å². The molecule has 6 rings (SSSR count). The van der Waals surface area contributed by atoms with Gasteiger partial charge in [0.2, 0.25) is 10.0 Å². The van der Waals surface area contributed by atoms with Crippen molar-refractivity contribution in [3.8, 4) is 5.75 Å². The zero-order valence-electron chi connectivity index (χ0n) is 24.7.